The van der Waals surface area contributed by atoms with Crippen LogP contribution in [0.4, 0.5) is 0 Å². The number of hydrogen-bond donors (Lipinski definition) is 0. The molecule has 7 heteroatoms. The maximum atomic E-state index is 11.9. The van der Waals surface area contributed by atoms with Gasteiger partial charge in [-0.25, -0.2) is 9.78 Å². The van der Waals surface area contributed by atoms with Crippen molar-refractivity contribution in [3.63, 3.8) is 0 Å². The summed E-state index contributed by atoms with van der Waals surface area (Å²) >= 11 is 11.5. The lowest BCUT2D eigenvalue weighted by Gasteiger charge is -2.20. The van der Waals surface area contributed by atoms with E-state index < -0.39 is 5.97 Å². The van der Waals surface area contributed by atoms with Crippen LogP contribution in [0.25, 0.3) is 0 Å². The van der Waals surface area contributed by atoms with E-state index in [0.717, 1.165) is 5.57 Å². The number of rotatable bonds is 6. The van der Waals surface area contributed by atoms with E-state index in [4.69, 9.17) is 27.9 Å². The summed E-state index contributed by atoms with van der Waals surface area (Å²) in [6, 6.07) is 2.90. The molecule has 0 spiro atoms. The largest absolute Gasteiger partial charge is 0.451 e. The average Bonchev–Trinajstić information content (AvgIpc) is 2.44. The number of nitrogens with zero attached hydrogens (tertiary/aromatic N) is 2. The van der Waals surface area contributed by atoms with Crippen molar-refractivity contribution in [2.75, 3.05) is 19.7 Å². The molecule has 0 aromatic carbocycles. The Kier molecular flexibility index (Phi) is 6.65. The lowest BCUT2D eigenvalue weighted by atomic mass is 10.3. The Morgan fingerprint density at radius 3 is 2.62 bits per heavy atom. The molecular formula is C14H16Cl2N2O3. The second-order valence-corrected chi connectivity index (χ2v) is 5.20. The fourth-order valence-electron chi connectivity index (χ4n) is 1.55. The van der Waals surface area contributed by atoms with Crippen molar-refractivity contribution in [1.29, 1.82) is 0 Å². The number of amides is 1. The molecule has 114 valence electrons. The standard InChI is InChI=1S/C14H16Cl2N2O3/c1-4-18(7-9(2)3)12(19)8-21-14(20)13-10(15)5-6-11(16)17-13/h5-6H,2,4,7-8H2,1,3H3. The Morgan fingerprint density at radius 2 is 2.05 bits per heavy atom. The molecule has 0 aliphatic heterocycles. The molecule has 21 heavy (non-hydrogen) atoms. The van der Waals surface area contributed by atoms with E-state index >= 15 is 0 Å². The summed E-state index contributed by atoms with van der Waals surface area (Å²) < 4.78 is 4.92. The molecule has 0 atom stereocenters. The molecule has 0 fully saturated rings. The highest BCUT2D eigenvalue weighted by Gasteiger charge is 2.18. The number of pyridine rings is 1. The van der Waals surface area contributed by atoms with Crippen molar-refractivity contribution in [3.8, 4) is 0 Å². The van der Waals surface area contributed by atoms with E-state index in [1.54, 1.807) is 0 Å². The molecule has 0 aliphatic rings. The number of halogens is 2. The first-order valence-electron chi connectivity index (χ1n) is 6.26. The van der Waals surface area contributed by atoms with E-state index in [0.29, 0.717) is 13.1 Å². The first-order valence-corrected chi connectivity index (χ1v) is 7.02. The van der Waals surface area contributed by atoms with Crippen molar-refractivity contribution in [2.24, 2.45) is 0 Å². The van der Waals surface area contributed by atoms with E-state index in [2.05, 4.69) is 11.6 Å². The molecule has 1 aromatic heterocycles. The maximum absolute atomic E-state index is 11.9. The van der Waals surface area contributed by atoms with Gasteiger partial charge in [-0.1, -0.05) is 35.4 Å². The zero-order chi connectivity index (χ0) is 16.0. The van der Waals surface area contributed by atoms with Crippen molar-refractivity contribution in [3.05, 3.63) is 40.2 Å². The van der Waals surface area contributed by atoms with Crippen LogP contribution in [-0.4, -0.2) is 41.5 Å². The molecule has 1 aromatic rings. The van der Waals surface area contributed by atoms with Crippen molar-refractivity contribution in [1.82, 2.24) is 9.88 Å². The van der Waals surface area contributed by atoms with Gasteiger partial charge in [-0.3, -0.25) is 4.79 Å². The van der Waals surface area contributed by atoms with Crippen LogP contribution in [0.3, 0.4) is 0 Å². The summed E-state index contributed by atoms with van der Waals surface area (Å²) in [7, 11) is 0. The second-order valence-electron chi connectivity index (χ2n) is 4.41. The van der Waals surface area contributed by atoms with Crippen LogP contribution in [0.1, 0.15) is 24.3 Å². The van der Waals surface area contributed by atoms with Crippen molar-refractivity contribution >= 4 is 35.1 Å². The molecule has 1 amide bonds. The molecular weight excluding hydrogens is 315 g/mol. The smallest absolute Gasteiger partial charge is 0.359 e. The van der Waals surface area contributed by atoms with Crippen LogP contribution >= 0.6 is 23.2 Å². The van der Waals surface area contributed by atoms with Crippen LogP contribution in [0.15, 0.2) is 24.3 Å². The number of likely N-dealkylation sites (N-methyl/N-ethyl adjacent to an activating group) is 1. The summed E-state index contributed by atoms with van der Waals surface area (Å²) in [5.74, 6) is -1.10. The minimum atomic E-state index is -0.790. The molecule has 0 bridgehead atoms. The molecule has 1 heterocycles. The molecule has 0 saturated carbocycles. The average molecular weight is 331 g/mol. The fraction of sp³-hybridized carbons (Fsp3) is 0.357. The Bertz CT molecular complexity index is 561. The van der Waals surface area contributed by atoms with Gasteiger partial charge in [0.1, 0.15) is 5.15 Å². The van der Waals surface area contributed by atoms with E-state index in [-0.39, 0.29) is 28.4 Å². The number of ether oxygens (including phenoxy) is 1. The summed E-state index contributed by atoms with van der Waals surface area (Å²) in [5, 5.41) is 0.237. The quantitative estimate of drug-likeness (QED) is 0.457. The number of carbonyl (C=O) groups excluding carboxylic acids is 2. The van der Waals surface area contributed by atoms with E-state index in [9.17, 15) is 9.59 Å². The highest BCUT2D eigenvalue weighted by atomic mass is 35.5. The molecule has 0 N–H and O–H groups in total. The lowest BCUT2D eigenvalue weighted by molar-refractivity contribution is -0.133. The molecule has 5 nitrogen and oxygen atoms in total. The fourth-order valence-corrected chi connectivity index (χ4v) is 1.88. The SMILES string of the molecule is C=C(C)CN(CC)C(=O)COC(=O)c1nc(Cl)ccc1Cl. The summed E-state index contributed by atoms with van der Waals surface area (Å²) in [4.78, 5) is 29.1. The Balaban J connectivity index is 2.65. The van der Waals surface area contributed by atoms with Gasteiger partial charge in [0, 0.05) is 13.1 Å². The number of aromatic nitrogens is 1. The van der Waals surface area contributed by atoms with Gasteiger partial charge in [-0.05, 0) is 26.0 Å². The van der Waals surface area contributed by atoms with Gasteiger partial charge in [0.15, 0.2) is 12.3 Å². The predicted octanol–water partition coefficient (Wildman–Crippen LogP) is 2.97. The number of esters is 1. The van der Waals surface area contributed by atoms with Gasteiger partial charge >= 0.3 is 5.97 Å². The normalized spacial score (nSPS) is 10.1. The Labute approximate surface area is 133 Å². The van der Waals surface area contributed by atoms with Crippen LogP contribution < -0.4 is 0 Å². The monoisotopic (exact) mass is 330 g/mol. The van der Waals surface area contributed by atoms with Crippen LogP contribution in [0, 0.1) is 0 Å². The summed E-state index contributed by atoms with van der Waals surface area (Å²) in [5.41, 5.74) is 0.732. The first-order chi connectivity index (χ1) is 9.85. The van der Waals surface area contributed by atoms with Crippen molar-refractivity contribution < 1.29 is 14.3 Å². The molecule has 0 saturated heterocycles. The second kappa shape index (κ2) is 8.00. The highest BCUT2D eigenvalue weighted by Crippen LogP contribution is 2.17. The lowest BCUT2D eigenvalue weighted by Crippen LogP contribution is -2.35. The molecule has 1 rings (SSSR count). The third-order valence-electron chi connectivity index (χ3n) is 2.53. The Hall–Kier alpha value is -1.59. The number of hydrogen-bond acceptors (Lipinski definition) is 4. The zero-order valence-corrected chi connectivity index (χ0v) is 13.4. The maximum Gasteiger partial charge on any atom is 0.359 e. The molecule has 0 unspecified atom stereocenters. The van der Waals surface area contributed by atoms with Gasteiger partial charge in [-0.2, -0.15) is 0 Å². The minimum Gasteiger partial charge on any atom is -0.451 e. The third kappa shape index (κ3) is 5.36. The van der Waals surface area contributed by atoms with Gasteiger partial charge in [0.2, 0.25) is 0 Å². The van der Waals surface area contributed by atoms with Gasteiger partial charge in [0.05, 0.1) is 5.02 Å². The first kappa shape index (κ1) is 17.5. The Morgan fingerprint density at radius 1 is 1.38 bits per heavy atom. The minimum absolute atomic E-state index is 0.111. The van der Waals surface area contributed by atoms with E-state index in [1.165, 1.54) is 17.0 Å². The van der Waals surface area contributed by atoms with Gasteiger partial charge < -0.3 is 9.64 Å². The van der Waals surface area contributed by atoms with E-state index in [1.807, 2.05) is 13.8 Å². The molecule has 0 radical (unpaired) electrons. The molecule has 0 aliphatic carbocycles. The van der Waals surface area contributed by atoms with Crippen LogP contribution in [-0.2, 0) is 9.53 Å². The summed E-state index contributed by atoms with van der Waals surface area (Å²) in [6.45, 7) is 7.93. The van der Waals surface area contributed by atoms with Gasteiger partial charge in [-0.15, -0.1) is 0 Å². The topological polar surface area (TPSA) is 59.5 Å². The summed E-state index contributed by atoms with van der Waals surface area (Å²) in [6.07, 6.45) is 0. The highest BCUT2D eigenvalue weighted by molar-refractivity contribution is 6.34. The third-order valence-corrected chi connectivity index (χ3v) is 3.04. The zero-order valence-electron chi connectivity index (χ0n) is 11.9. The number of carbonyl (C=O) groups is 2. The van der Waals surface area contributed by atoms with Crippen LogP contribution in [0.5, 0.6) is 0 Å². The van der Waals surface area contributed by atoms with Crippen LogP contribution in [0.2, 0.25) is 10.2 Å². The predicted molar refractivity (Wildman–Crippen MR) is 81.6 cm³/mol. The van der Waals surface area contributed by atoms with Gasteiger partial charge in [0.25, 0.3) is 5.91 Å². The van der Waals surface area contributed by atoms with Crippen molar-refractivity contribution in [2.45, 2.75) is 13.8 Å².